The number of unbranched alkanes of at least 4 members (excludes halogenated alkanes) is 1. The van der Waals surface area contributed by atoms with E-state index >= 15 is 0 Å². The summed E-state index contributed by atoms with van der Waals surface area (Å²) in [6, 6.07) is 0. The van der Waals surface area contributed by atoms with Crippen molar-refractivity contribution in [2.75, 3.05) is 17.3 Å². The lowest BCUT2D eigenvalue weighted by Crippen LogP contribution is -2.55. The zero-order valence-electron chi connectivity index (χ0n) is 9.23. The van der Waals surface area contributed by atoms with E-state index in [9.17, 15) is 13.2 Å². The van der Waals surface area contributed by atoms with Gasteiger partial charge in [-0.05, 0) is 18.6 Å². The molecule has 0 aromatic heterocycles. The van der Waals surface area contributed by atoms with Gasteiger partial charge in [-0.3, -0.25) is 4.79 Å². The van der Waals surface area contributed by atoms with Crippen LogP contribution in [0.25, 0.3) is 0 Å². The molecular formula is C9H17NO4S2. The molecule has 0 aliphatic carbocycles. The van der Waals surface area contributed by atoms with E-state index in [1.54, 1.807) is 0 Å². The second-order valence-electron chi connectivity index (χ2n) is 3.96. The molecule has 1 aliphatic heterocycles. The van der Waals surface area contributed by atoms with E-state index in [2.05, 4.69) is 4.72 Å². The predicted molar refractivity (Wildman–Crippen MR) is 64.1 cm³/mol. The standard InChI is InChI=1S/C9H17NO4S2/c1-2-3-6-16(13,14)10-9(8(11)12)4-5-15-7-9/h10H,2-7H2,1H3,(H,11,12). The van der Waals surface area contributed by atoms with Gasteiger partial charge >= 0.3 is 5.97 Å². The van der Waals surface area contributed by atoms with E-state index in [4.69, 9.17) is 5.11 Å². The second-order valence-corrected chi connectivity index (χ2v) is 6.91. The first-order valence-corrected chi connectivity index (χ1v) is 8.05. The van der Waals surface area contributed by atoms with Crippen molar-refractivity contribution in [3.8, 4) is 0 Å². The number of thioether (sulfide) groups is 1. The van der Waals surface area contributed by atoms with Crippen molar-refractivity contribution in [3.05, 3.63) is 0 Å². The maximum Gasteiger partial charge on any atom is 0.325 e. The summed E-state index contributed by atoms with van der Waals surface area (Å²) in [7, 11) is -3.47. The molecule has 16 heavy (non-hydrogen) atoms. The van der Waals surface area contributed by atoms with Crippen LogP contribution in [0.15, 0.2) is 0 Å². The minimum atomic E-state index is -3.47. The Balaban J connectivity index is 2.72. The minimum absolute atomic E-state index is 0.00317. The monoisotopic (exact) mass is 267 g/mol. The van der Waals surface area contributed by atoms with Crippen LogP contribution in [-0.2, 0) is 14.8 Å². The highest BCUT2D eigenvalue weighted by Gasteiger charge is 2.44. The number of sulfonamides is 1. The van der Waals surface area contributed by atoms with Crippen molar-refractivity contribution >= 4 is 27.8 Å². The van der Waals surface area contributed by atoms with Crippen molar-refractivity contribution < 1.29 is 18.3 Å². The van der Waals surface area contributed by atoms with Gasteiger partial charge in [-0.15, -0.1) is 0 Å². The lowest BCUT2D eigenvalue weighted by molar-refractivity contribution is -0.142. The molecule has 5 nitrogen and oxygen atoms in total. The molecule has 0 bridgehead atoms. The highest BCUT2D eigenvalue weighted by atomic mass is 32.2. The smallest absolute Gasteiger partial charge is 0.325 e. The van der Waals surface area contributed by atoms with E-state index in [1.165, 1.54) is 11.8 Å². The van der Waals surface area contributed by atoms with Crippen LogP contribution in [0.5, 0.6) is 0 Å². The zero-order valence-corrected chi connectivity index (χ0v) is 10.9. The summed E-state index contributed by atoms with van der Waals surface area (Å²) in [5, 5.41) is 9.11. The van der Waals surface area contributed by atoms with Crippen molar-refractivity contribution in [2.45, 2.75) is 31.7 Å². The van der Waals surface area contributed by atoms with Gasteiger partial charge in [0.2, 0.25) is 10.0 Å². The molecule has 0 aromatic rings. The number of carboxylic acid groups (broad SMARTS) is 1. The Morgan fingerprint density at radius 2 is 2.25 bits per heavy atom. The van der Waals surface area contributed by atoms with Crippen LogP contribution in [0.1, 0.15) is 26.2 Å². The van der Waals surface area contributed by atoms with E-state index in [1.807, 2.05) is 6.92 Å². The van der Waals surface area contributed by atoms with Crippen molar-refractivity contribution in [2.24, 2.45) is 0 Å². The van der Waals surface area contributed by atoms with Crippen LogP contribution >= 0.6 is 11.8 Å². The van der Waals surface area contributed by atoms with Gasteiger partial charge in [-0.1, -0.05) is 13.3 Å². The molecule has 1 atom stereocenters. The summed E-state index contributed by atoms with van der Waals surface area (Å²) in [4.78, 5) is 11.1. The first kappa shape index (κ1) is 13.8. The maximum absolute atomic E-state index is 11.7. The summed E-state index contributed by atoms with van der Waals surface area (Å²) in [5.41, 5.74) is -1.28. The largest absolute Gasteiger partial charge is 0.480 e. The van der Waals surface area contributed by atoms with Gasteiger partial charge in [0, 0.05) is 5.75 Å². The Kier molecular flexibility index (Phi) is 4.63. The van der Waals surface area contributed by atoms with E-state index in [-0.39, 0.29) is 5.75 Å². The fraction of sp³-hybridized carbons (Fsp3) is 0.889. The quantitative estimate of drug-likeness (QED) is 0.739. The van der Waals surface area contributed by atoms with Crippen LogP contribution in [0.3, 0.4) is 0 Å². The van der Waals surface area contributed by atoms with Gasteiger partial charge < -0.3 is 5.11 Å². The average Bonchev–Trinajstić information content (AvgIpc) is 2.64. The molecule has 0 radical (unpaired) electrons. The third-order valence-corrected chi connectivity index (χ3v) is 5.27. The molecule has 1 unspecified atom stereocenters. The molecule has 7 heteroatoms. The Morgan fingerprint density at radius 3 is 2.69 bits per heavy atom. The summed E-state index contributed by atoms with van der Waals surface area (Å²) in [6.07, 6.45) is 1.69. The summed E-state index contributed by atoms with van der Waals surface area (Å²) < 4.78 is 25.7. The third-order valence-electron chi connectivity index (χ3n) is 2.55. The molecule has 1 rings (SSSR count). The summed E-state index contributed by atoms with van der Waals surface area (Å²) in [5.74, 6) is -0.0722. The maximum atomic E-state index is 11.7. The zero-order chi connectivity index (χ0) is 12.2. The number of hydrogen-bond acceptors (Lipinski definition) is 4. The molecule has 1 aliphatic rings. The van der Waals surface area contributed by atoms with Crippen LogP contribution in [0.2, 0.25) is 0 Å². The van der Waals surface area contributed by atoms with E-state index in [0.717, 1.165) is 6.42 Å². The average molecular weight is 267 g/mol. The van der Waals surface area contributed by atoms with Crippen molar-refractivity contribution in [3.63, 3.8) is 0 Å². The SMILES string of the molecule is CCCCS(=O)(=O)NC1(C(=O)O)CCSC1. The van der Waals surface area contributed by atoms with Gasteiger partial charge in [-0.2, -0.15) is 16.5 Å². The second kappa shape index (κ2) is 5.37. The van der Waals surface area contributed by atoms with E-state index in [0.29, 0.717) is 24.3 Å². The minimum Gasteiger partial charge on any atom is -0.480 e. The van der Waals surface area contributed by atoms with Crippen molar-refractivity contribution in [1.29, 1.82) is 0 Å². The number of rotatable bonds is 6. The van der Waals surface area contributed by atoms with Gasteiger partial charge in [0.1, 0.15) is 5.54 Å². The Morgan fingerprint density at radius 1 is 1.56 bits per heavy atom. The Bertz CT molecular complexity index is 347. The number of nitrogens with one attached hydrogen (secondary N) is 1. The van der Waals surface area contributed by atoms with Gasteiger partial charge in [0.15, 0.2) is 0 Å². The van der Waals surface area contributed by atoms with Crippen LogP contribution in [0.4, 0.5) is 0 Å². The molecule has 0 aromatic carbocycles. The molecule has 1 saturated heterocycles. The predicted octanol–water partition coefficient (Wildman–Crippen LogP) is 0.666. The number of aliphatic carboxylic acids is 1. The lowest BCUT2D eigenvalue weighted by atomic mass is 10.0. The molecule has 1 fully saturated rings. The third kappa shape index (κ3) is 3.36. The molecule has 94 valence electrons. The number of carboxylic acids is 1. The molecular weight excluding hydrogens is 250 g/mol. The first-order chi connectivity index (χ1) is 7.42. The number of hydrogen-bond donors (Lipinski definition) is 2. The molecule has 2 N–H and O–H groups in total. The summed E-state index contributed by atoms with van der Waals surface area (Å²) in [6.45, 7) is 1.90. The van der Waals surface area contributed by atoms with Crippen molar-refractivity contribution in [1.82, 2.24) is 4.72 Å². The topological polar surface area (TPSA) is 83.5 Å². The van der Waals surface area contributed by atoms with Crippen LogP contribution in [0, 0.1) is 0 Å². The van der Waals surface area contributed by atoms with Crippen LogP contribution in [-0.4, -0.2) is 42.3 Å². The highest BCUT2D eigenvalue weighted by molar-refractivity contribution is 7.99. The molecule has 1 heterocycles. The fourth-order valence-corrected chi connectivity index (χ4v) is 4.59. The molecule has 0 spiro atoms. The molecule has 0 saturated carbocycles. The fourth-order valence-electron chi connectivity index (χ4n) is 1.54. The van der Waals surface area contributed by atoms with Gasteiger partial charge in [-0.25, -0.2) is 8.42 Å². The molecule has 0 amide bonds. The highest BCUT2D eigenvalue weighted by Crippen LogP contribution is 2.29. The van der Waals surface area contributed by atoms with E-state index < -0.39 is 21.5 Å². The number of carbonyl (C=O) groups is 1. The lowest BCUT2D eigenvalue weighted by Gasteiger charge is -2.24. The van der Waals surface area contributed by atoms with Crippen LogP contribution < -0.4 is 4.72 Å². The van der Waals surface area contributed by atoms with Gasteiger partial charge in [0.25, 0.3) is 0 Å². The first-order valence-electron chi connectivity index (χ1n) is 5.25. The summed E-state index contributed by atoms with van der Waals surface area (Å²) >= 11 is 1.47. The Labute approximate surface area is 100 Å². The Hall–Kier alpha value is -0.270. The normalized spacial score (nSPS) is 25.8. The van der Waals surface area contributed by atoms with Gasteiger partial charge in [0.05, 0.1) is 5.75 Å².